The molecule has 574 valence electrons. The van der Waals surface area contributed by atoms with Gasteiger partial charge in [0.1, 0.15) is 17.0 Å². The number of carboxylic acid groups (broad SMARTS) is 1. The molecule has 9 rings (SSSR count). The van der Waals surface area contributed by atoms with Crippen LogP contribution in [-0.4, -0.2) is 51.9 Å². The number of alkyl halides is 1. The zero-order chi connectivity index (χ0) is 75.2. The summed E-state index contributed by atoms with van der Waals surface area (Å²) >= 11 is 20.3. The maximum atomic E-state index is 14.2. The number of carboxylic acids is 1. The highest BCUT2D eigenvalue weighted by Crippen LogP contribution is 2.47. The summed E-state index contributed by atoms with van der Waals surface area (Å²) in [5.74, 6) is -17.2. The summed E-state index contributed by atoms with van der Waals surface area (Å²) in [6, 6.07) is 56.3. The minimum absolute atomic E-state index is 0. The van der Waals surface area contributed by atoms with Crippen molar-refractivity contribution in [3.05, 3.63) is 277 Å². The second-order valence-corrected chi connectivity index (χ2v) is 27.0. The van der Waals surface area contributed by atoms with Crippen molar-refractivity contribution in [3.8, 4) is 5.75 Å². The van der Waals surface area contributed by atoms with Crippen LogP contribution in [0, 0.1) is 54.8 Å². The lowest BCUT2D eigenvalue weighted by Gasteiger charge is -2.36. The van der Waals surface area contributed by atoms with Gasteiger partial charge in [0.2, 0.25) is 46.6 Å². The van der Waals surface area contributed by atoms with Crippen LogP contribution in [0.15, 0.2) is 188 Å². The van der Waals surface area contributed by atoms with Crippen molar-refractivity contribution in [3.63, 3.8) is 0 Å². The van der Waals surface area contributed by atoms with E-state index in [0.29, 0.717) is 22.0 Å². The Morgan fingerprint density at radius 3 is 1.46 bits per heavy atom. The van der Waals surface area contributed by atoms with Crippen molar-refractivity contribution >= 4 is 75.4 Å². The molecule has 0 bridgehead atoms. The Bertz CT molecular complexity index is 4170. The fourth-order valence-corrected chi connectivity index (χ4v) is 12.8. The van der Waals surface area contributed by atoms with Crippen molar-refractivity contribution in [2.75, 3.05) is 0 Å². The van der Waals surface area contributed by atoms with Crippen molar-refractivity contribution in [1.29, 1.82) is 0 Å². The number of para-hydroxylation sites is 1. The molecule has 19 heteroatoms. The number of hydrogen-bond donors (Lipinski definition) is 4. The summed E-state index contributed by atoms with van der Waals surface area (Å²) in [5.41, 5.74) is 8.17. The number of unbranched alkanes of at least 4 members (excludes halogenated alkanes) is 6. The number of aryl methyl sites for hydroxylation is 2. The number of aromatic amines is 1. The first kappa shape index (κ1) is 91.4. The quantitative estimate of drug-likeness (QED) is 0.00505. The van der Waals surface area contributed by atoms with Gasteiger partial charge in [-0.3, -0.25) is 19.2 Å². The highest BCUT2D eigenvalue weighted by molar-refractivity contribution is 6.35. The van der Waals surface area contributed by atoms with Gasteiger partial charge in [0, 0.05) is 63.7 Å². The number of ether oxygens (including phenoxy) is 2. The summed E-state index contributed by atoms with van der Waals surface area (Å²) in [5, 5.41) is 15.5. The number of amides is 2. The number of halogens is 8. The molecule has 0 aliphatic rings. The Hall–Kier alpha value is -8.83. The third kappa shape index (κ3) is 24.9. The number of esters is 2. The van der Waals surface area contributed by atoms with Crippen molar-refractivity contribution in [2.24, 2.45) is 11.8 Å². The molecular weight excluding hydrogens is 1420 g/mol. The van der Waals surface area contributed by atoms with Crippen LogP contribution < -0.4 is 15.4 Å². The van der Waals surface area contributed by atoms with Gasteiger partial charge in [-0.1, -0.05) is 320 Å². The second kappa shape index (κ2) is 45.6. The average Bonchev–Trinajstić information content (AvgIpc) is 1.24. The van der Waals surface area contributed by atoms with Crippen LogP contribution in [0.4, 0.5) is 22.0 Å². The van der Waals surface area contributed by atoms with E-state index < -0.39 is 75.2 Å². The molecule has 8 aromatic carbocycles. The van der Waals surface area contributed by atoms with E-state index in [1.54, 1.807) is 20.0 Å². The van der Waals surface area contributed by atoms with E-state index >= 15 is 0 Å². The number of carbonyl (C=O) groups is 5. The summed E-state index contributed by atoms with van der Waals surface area (Å²) in [7, 11) is 0. The predicted molar refractivity (Wildman–Crippen MR) is 423 cm³/mol. The van der Waals surface area contributed by atoms with Crippen molar-refractivity contribution in [2.45, 2.75) is 197 Å². The molecule has 0 spiro atoms. The third-order valence-corrected chi connectivity index (χ3v) is 18.9. The molecule has 0 radical (unpaired) electrons. The normalized spacial score (nSPS) is 12.9. The van der Waals surface area contributed by atoms with Gasteiger partial charge in [-0.25, -0.2) is 18.0 Å². The summed E-state index contributed by atoms with van der Waals surface area (Å²) in [4.78, 5) is 64.8. The number of rotatable bonds is 30. The van der Waals surface area contributed by atoms with E-state index in [2.05, 4.69) is 65.4 Å². The SMILES string of the molecule is C.C.C.CCCC(C)C(=O)O.CCCC(C)C(=O)OC(c1ccccc1)(c1ccc(C)cc1)c1ccccc1Cl.CCCCCCCCCC(=O)NC(Cc1c[nH]c2ccccc12)C(=O)NC(CCC)C(=O)Oc1c(F)c(F)c(F)c(F)c1F.Cc1ccc(C(Cl)(c2ccccc2)c2ccccc2Cl)cc1.[2HH]. The fraction of sp³-hybridized carbons (Fsp3) is 0.368. The first-order chi connectivity index (χ1) is 49.4. The van der Waals surface area contributed by atoms with Gasteiger partial charge >= 0.3 is 17.9 Å². The van der Waals surface area contributed by atoms with Crippen LogP contribution >= 0.6 is 34.8 Å². The lowest BCUT2D eigenvalue weighted by atomic mass is 9.79. The monoisotopic (exact) mass is 1520 g/mol. The third-order valence-electron chi connectivity index (χ3n) is 17.6. The standard InChI is InChI=1S/C32H38F5N3O4.C26H27ClO2.C20H16Cl2.C6H12O2.3CH4.H2/c1-3-5-6-7-8-9-10-16-24(41)39-23(17-19-18-38-21-15-12-11-14-20(19)21)31(42)40-22(13-4-2)32(43)44-30-28(36)26(34)25(33)27(35)29(30)37;1-4-10-20(3)25(28)29-26(21-11-6-5-7-12-21,22-17-15-19(2)16-18-22)23-13-8-9-14-24(23)27;1-15-11-13-17(14-12-15)20(22,16-7-3-2-4-8-16)18-9-5-6-10-19(18)21;1-3-4-5(2)6(7)8;;;;/h11-12,14-15,18,22-23,38H,3-10,13,16-17H2,1-2H3,(H,39,41)(H,40,42);5-9,11-18,20H,4,10H2,1-3H3;2-14H,1H3;5H,3-4H2,1-2H3,(H,7,8);3*1H4;1H/i;;;;;;;1+1. The average molecular weight is 1530 g/mol. The number of carbonyl (C=O) groups excluding carboxylic acids is 4. The number of aliphatic carboxylic acids is 1. The highest BCUT2D eigenvalue weighted by atomic mass is 35.5. The molecule has 2 amide bonds. The van der Waals surface area contributed by atoms with Crippen LogP contribution in [0.2, 0.25) is 10.0 Å². The van der Waals surface area contributed by atoms with E-state index in [9.17, 15) is 45.9 Å². The minimum Gasteiger partial charge on any atom is -0.481 e. The first-order valence-electron chi connectivity index (χ1n) is 35.2. The highest BCUT2D eigenvalue weighted by Gasteiger charge is 2.43. The van der Waals surface area contributed by atoms with E-state index in [1.165, 1.54) is 12.0 Å². The number of nitrogens with one attached hydrogen (secondary N) is 3. The van der Waals surface area contributed by atoms with E-state index in [1.807, 2.05) is 178 Å². The molecule has 6 atom stereocenters. The molecule has 0 saturated carbocycles. The lowest BCUT2D eigenvalue weighted by molar-refractivity contribution is -0.158. The van der Waals surface area contributed by atoms with Gasteiger partial charge in [0.15, 0.2) is 5.60 Å². The topological polar surface area (TPSA) is 164 Å². The zero-order valence-corrected chi connectivity index (χ0v) is 61.9. The van der Waals surface area contributed by atoms with Crippen LogP contribution in [0.5, 0.6) is 5.75 Å². The molecule has 1 aromatic heterocycles. The number of aromatic nitrogens is 1. The Kier molecular flexibility index (Phi) is 39.3. The van der Waals surface area contributed by atoms with Crippen LogP contribution in [0.25, 0.3) is 10.9 Å². The van der Waals surface area contributed by atoms with Crippen LogP contribution in [-0.2, 0) is 45.6 Å². The molecule has 4 N–H and O–H groups in total. The molecule has 9 aromatic rings. The molecule has 6 unspecified atom stereocenters. The molecule has 0 aliphatic heterocycles. The maximum absolute atomic E-state index is 14.2. The predicted octanol–water partition coefficient (Wildman–Crippen LogP) is 23.7. The number of hydrogen-bond acceptors (Lipinski definition) is 7. The maximum Gasteiger partial charge on any atom is 0.334 e. The second-order valence-electron chi connectivity index (χ2n) is 25.6. The Morgan fingerprint density at radius 2 is 0.943 bits per heavy atom. The van der Waals surface area contributed by atoms with E-state index in [4.69, 9.17) is 44.6 Å². The van der Waals surface area contributed by atoms with Gasteiger partial charge in [-0.2, -0.15) is 8.78 Å². The van der Waals surface area contributed by atoms with E-state index in [-0.39, 0.29) is 73.1 Å². The largest absolute Gasteiger partial charge is 0.481 e. The summed E-state index contributed by atoms with van der Waals surface area (Å²) < 4.78 is 80.0. The Labute approximate surface area is 640 Å². The Morgan fingerprint density at radius 1 is 0.500 bits per heavy atom. The summed E-state index contributed by atoms with van der Waals surface area (Å²) in [6.07, 6.45) is 12.6. The Balaban J connectivity index is 0.000000533. The molecule has 0 fully saturated rings. The van der Waals surface area contributed by atoms with Crippen LogP contribution in [0.3, 0.4) is 0 Å². The van der Waals surface area contributed by atoms with Gasteiger partial charge in [0.05, 0.1) is 11.8 Å². The molecule has 11 nitrogen and oxygen atoms in total. The molecule has 0 aliphatic carbocycles. The van der Waals surface area contributed by atoms with Crippen molar-refractivity contribution in [1.82, 2.24) is 15.6 Å². The van der Waals surface area contributed by atoms with Gasteiger partial charge in [-0.05, 0) is 74.4 Å². The van der Waals surface area contributed by atoms with Gasteiger partial charge < -0.3 is 30.2 Å². The molecule has 1 heterocycles. The molecule has 0 saturated heterocycles. The fourth-order valence-electron chi connectivity index (χ4n) is 11.8. The van der Waals surface area contributed by atoms with Crippen LogP contribution in [0.1, 0.15) is 205 Å². The molecular formula is C87H107Cl3F5N3O8. The molecule has 106 heavy (non-hydrogen) atoms. The zero-order valence-electron chi connectivity index (χ0n) is 59.6. The van der Waals surface area contributed by atoms with Gasteiger partial charge in [0.25, 0.3) is 0 Å². The first-order valence-corrected chi connectivity index (χ1v) is 36.3. The van der Waals surface area contributed by atoms with Crippen molar-refractivity contribution < 1.29 is 61.9 Å². The number of benzene rings is 8. The minimum atomic E-state index is -2.40. The lowest BCUT2D eigenvalue weighted by Crippen LogP contribution is -2.53. The van der Waals surface area contributed by atoms with Gasteiger partial charge in [-0.15, -0.1) is 11.6 Å². The summed E-state index contributed by atoms with van der Waals surface area (Å²) in [6.45, 7) is 15.6. The number of fused-ring (bicyclic) bond motifs is 1. The van der Waals surface area contributed by atoms with E-state index in [0.717, 1.165) is 108 Å². The smallest absolute Gasteiger partial charge is 0.334 e. The number of H-pyrrole nitrogens is 1.